The molecule has 0 aliphatic rings. The summed E-state index contributed by atoms with van der Waals surface area (Å²) in [5, 5.41) is 2.62. The molecule has 0 radical (unpaired) electrons. The number of H-pyrrole nitrogens is 1. The molecule has 0 unspecified atom stereocenters. The summed E-state index contributed by atoms with van der Waals surface area (Å²) in [6.45, 7) is 0.608. The SMILES string of the molecule is COC(=O)NCCc1ccccc1.c1cc[nH]c1. The average Bonchev–Trinajstić information content (AvgIpc) is 2.99. The molecule has 2 N–H and O–H groups in total. The molecule has 1 aromatic carbocycles. The lowest BCUT2D eigenvalue weighted by Crippen LogP contribution is -2.25. The standard InChI is InChI=1S/C10H13NO2.C4H5N/c1-13-10(12)11-8-7-9-5-3-2-4-6-9;1-2-4-5-3-1/h2-6H,7-8H2,1H3,(H,11,12);1-5H. The fourth-order valence-electron chi connectivity index (χ4n) is 1.30. The van der Waals surface area contributed by atoms with Crippen LogP contribution in [0.15, 0.2) is 54.9 Å². The number of hydrogen-bond donors (Lipinski definition) is 2. The Balaban J connectivity index is 0.000000269. The lowest BCUT2D eigenvalue weighted by Gasteiger charge is -2.02. The fourth-order valence-corrected chi connectivity index (χ4v) is 1.30. The van der Waals surface area contributed by atoms with Crippen LogP contribution in [0.25, 0.3) is 0 Å². The van der Waals surface area contributed by atoms with Crippen molar-refractivity contribution < 1.29 is 9.53 Å². The molecular formula is C14H18N2O2. The fraction of sp³-hybridized carbons (Fsp3) is 0.214. The Labute approximate surface area is 107 Å². The van der Waals surface area contributed by atoms with Crippen molar-refractivity contribution in [2.24, 2.45) is 0 Å². The van der Waals surface area contributed by atoms with Crippen LogP contribution < -0.4 is 5.32 Å². The van der Waals surface area contributed by atoms with Gasteiger partial charge in [-0.25, -0.2) is 4.79 Å². The zero-order chi connectivity index (χ0) is 13.1. The largest absolute Gasteiger partial charge is 0.453 e. The van der Waals surface area contributed by atoms with E-state index < -0.39 is 0 Å². The number of methoxy groups -OCH3 is 1. The molecule has 4 heteroatoms. The maximum atomic E-state index is 10.7. The summed E-state index contributed by atoms with van der Waals surface area (Å²) < 4.78 is 4.44. The third-order valence-corrected chi connectivity index (χ3v) is 2.21. The van der Waals surface area contributed by atoms with Crippen molar-refractivity contribution in [3.05, 3.63) is 60.4 Å². The first-order valence-corrected chi connectivity index (χ1v) is 5.76. The van der Waals surface area contributed by atoms with E-state index in [1.807, 2.05) is 54.9 Å². The molecule has 96 valence electrons. The molecule has 18 heavy (non-hydrogen) atoms. The van der Waals surface area contributed by atoms with E-state index in [2.05, 4.69) is 15.0 Å². The molecule has 0 aliphatic heterocycles. The van der Waals surface area contributed by atoms with Gasteiger partial charge in [-0.1, -0.05) is 30.3 Å². The number of aromatic nitrogens is 1. The minimum absolute atomic E-state index is 0.379. The monoisotopic (exact) mass is 246 g/mol. The van der Waals surface area contributed by atoms with Gasteiger partial charge in [-0.3, -0.25) is 0 Å². The van der Waals surface area contributed by atoms with E-state index in [1.54, 1.807) is 0 Å². The highest BCUT2D eigenvalue weighted by atomic mass is 16.5. The summed E-state index contributed by atoms with van der Waals surface area (Å²) in [5.74, 6) is 0. The number of hydrogen-bond acceptors (Lipinski definition) is 2. The quantitative estimate of drug-likeness (QED) is 0.874. The molecule has 1 amide bonds. The average molecular weight is 246 g/mol. The van der Waals surface area contributed by atoms with Crippen LogP contribution in [-0.4, -0.2) is 24.7 Å². The Morgan fingerprint density at radius 1 is 1.17 bits per heavy atom. The van der Waals surface area contributed by atoms with E-state index in [-0.39, 0.29) is 6.09 Å². The molecule has 4 nitrogen and oxygen atoms in total. The first-order valence-electron chi connectivity index (χ1n) is 5.76. The summed E-state index contributed by atoms with van der Waals surface area (Å²) in [5.41, 5.74) is 1.21. The first-order chi connectivity index (χ1) is 8.83. The highest BCUT2D eigenvalue weighted by Gasteiger charge is 1.96. The molecule has 1 heterocycles. The van der Waals surface area contributed by atoms with Crippen LogP contribution in [0.4, 0.5) is 4.79 Å². The van der Waals surface area contributed by atoms with Crippen molar-refractivity contribution in [2.45, 2.75) is 6.42 Å². The highest BCUT2D eigenvalue weighted by molar-refractivity contribution is 5.66. The molecule has 0 fully saturated rings. The second-order valence-electron chi connectivity index (χ2n) is 3.54. The van der Waals surface area contributed by atoms with E-state index in [0.717, 1.165) is 6.42 Å². The van der Waals surface area contributed by atoms with Gasteiger partial charge in [0, 0.05) is 18.9 Å². The van der Waals surface area contributed by atoms with E-state index in [1.165, 1.54) is 12.7 Å². The summed E-state index contributed by atoms with van der Waals surface area (Å²) in [6, 6.07) is 13.9. The third kappa shape index (κ3) is 6.37. The first kappa shape index (κ1) is 13.8. The molecule has 2 rings (SSSR count). The van der Waals surface area contributed by atoms with Gasteiger partial charge in [0.25, 0.3) is 0 Å². The highest BCUT2D eigenvalue weighted by Crippen LogP contribution is 1.97. The molecule has 0 spiro atoms. The second kappa shape index (κ2) is 8.87. The Morgan fingerprint density at radius 2 is 1.83 bits per heavy atom. The van der Waals surface area contributed by atoms with E-state index >= 15 is 0 Å². The summed E-state index contributed by atoms with van der Waals surface area (Å²) in [6.07, 6.45) is 4.20. The predicted octanol–water partition coefficient (Wildman–Crippen LogP) is 2.60. The van der Waals surface area contributed by atoms with Crippen LogP contribution >= 0.6 is 0 Å². The van der Waals surface area contributed by atoms with Gasteiger partial charge in [-0.15, -0.1) is 0 Å². The van der Waals surface area contributed by atoms with Gasteiger partial charge in [0.2, 0.25) is 0 Å². The van der Waals surface area contributed by atoms with E-state index in [0.29, 0.717) is 6.54 Å². The molecule has 0 saturated carbocycles. The van der Waals surface area contributed by atoms with E-state index in [4.69, 9.17) is 0 Å². The molecule has 0 bridgehead atoms. The molecule has 0 saturated heterocycles. The van der Waals surface area contributed by atoms with Crippen molar-refractivity contribution >= 4 is 6.09 Å². The van der Waals surface area contributed by atoms with Crippen molar-refractivity contribution in [1.82, 2.24) is 10.3 Å². The summed E-state index contributed by atoms with van der Waals surface area (Å²) >= 11 is 0. The number of aromatic amines is 1. The van der Waals surface area contributed by atoms with Crippen LogP contribution in [0.3, 0.4) is 0 Å². The van der Waals surface area contributed by atoms with Gasteiger partial charge in [-0.05, 0) is 24.1 Å². The van der Waals surface area contributed by atoms with Crippen LogP contribution in [0.2, 0.25) is 0 Å². The van der Waals surface area contributed by atoms with E-state index in [9.17, 15) is 4.79 Å². The topological polar surface area (TPSA) is 54.1 Å². The van der Waals surface area contributed by atoms with Gasteiger partial charge in [-0.2, -0.15) is 0 Å². The van der Waals surface area contributed by atoms with Crippen LogP contribution in [0, 0.1) is 0 Å². The normalized spacial score (nSPS) is 8.94. The number of carbonyl (C=O) groups excluding carboxylic acids is 1. The lowest BCUT2D eigenvalue weighted by atomic mass is 10.1. The zero-order valence-corrected chi connectivity index (χ0v) is 10.4. The number of nitrogens with one attached hydrogen (secondary N) is 2. The number of amides is 1. The smallest absolute Gasteiger partial charge is 0.406 e. The van der Waals surface area contributed by atoms with Crippen molar-refractivity contribution in [3.8, 4) is 0 Å². The Morgan fingerprint density at radius 3 is 2.33 bits per heavy atom. The van der Waals surface area contributed by atoms with Crippen molar-refractivity contribution in [2.75, 3.05) is 13.7 Å². The Bertz CT molecular complexity index is 395. The summed E-state index contributed by atoms with van der Waals surface area (Å²) in [4.78, 5) is 13.5. The Hall–Kier alpha value is -2.23. The Kier molecular flexibility index (Phi) is 6.82. The zero-order valence-electron chi connectivity index (χ0n) is 10.4. The molecule has 1 aromatic heterocycles. The van der Waals surface area contributed by atoms with Crippen molar-refractivity contribution in [1.29, 1.82) is 0 Å². The van der Waals surface area contributed by atoms with Crippen molar-refractivity contribution in [3.63, 3.8) is 0 Å². The number of carbonyl (C=O) groups is 1. The maximum Gasteiger partial charge on any atom is 0.406 e. The van der Waals surface area contributed by atoms with Gasteiger partial charge < -0.3 is 15.0 Å². The number of ether oxygens (including phenoxy) is 1. The van der Waals surface area contributed by atoms with Crippen LogP contribution in [-0.2, 0) is 11.2 Å². The molecule has 0 atom stereocenters. The number of benzene rings is 1. The van der Waals surface area contributed by atoms with Gasteiger partial charge >= 0.3 is 6.09 Å². The van der Waals surface area contributed by atoms with Gasteiger partial charge in [0.05, 0.1) is 7.11 Å². The molecule has 2 aromatic rings. The second-order valence-corrected chi connectivity index (χ2v) is 3.54. The van der Waals surface area contributed by atoms with Gasteiger partial charge in [0.15, 0.2) is 0 Å². The van der Waals surface area contributed by atoms with Gasteiger partial charge in [0.1, 0.15) is 0 Å². The molecule has 0 aliphatic carbocycles. The molecular weight excluding hydrogens is 228 g/mol. The number of alkyl carbamates (subject to hydrolysis) is 1. The predicted molar refractivity (Wildman–Crippen MR) is 71.3 cm³/mol. The minimum Gasteiger partial charge on any atom is -0.453 e. The third-order valence-electron chi connectivity index (χ3n) is 2.21. The minimum atomic E-state index is -0.379. The lowest BCUT2D eigenvalue weighted by molar-refractivity contribution is 0.171. The van der Waals surface area contributed by atoms with Crippen LogP contribution in [0.1, 0.15) is 5.56 Å². The summed E-state index contributed by atoms with van der Waals surface area (Å²) in [7, 11) is 1.36. The maximum absolute atomic E-state index is 10.7. The number of rotatable bonds is 3. The van der Waals surface area contributed by atoms with Crippen LogP contribution in [0.5, 0.6) is 0 Å².